The van der Waals surface area contributed by atoms with Crippen LogP contribution in [0.2, 0.25) is 0 Å². The number of amides is 1. The molecule has 0 spiro atoms. The lowest BCUT2D eigenvalue weighted by Gasteiger charge is -2.19. The molecule has 118 valence electrons. The Balaban J connectivity index is 1.50. The Labute approximate surface area is 138 Å². The minimum Gasteiger partial charge on any atom is -0.468 e. The Morgan fingerprint density at radius 1 is 1.22 bits per heavy atom. The van der Waals surface area contributed by atoms with Gasteiger partial charge in [0.15, 0.2) is 0 Å². The Morgan fingerprint density at radius 2 is 2.13 bits per heavy atom. The zero-order valence-electron chi connectivity index (χ0n) is 12.7. The number of H-pyrrole nitrogens is 1. The summed E-state index contributed by atoms with van der Waals surface area (Å²) in [5.41, 5.74) is 1.68. The number of thioether (sulfide) groups is 1. The first-order valence-corrected chi connectivity index (χ1v) is 8.88. The third-order valence-corrected chi connectivity index (χ3v) is 5.54. The zero-order valence-corrected chi connectivity index (χ0v) is 13.5. The Kier molecular flexibility index (Phi) is 3.87. The number of hydrogen-bond acceptors (Lipinski definition) is 3. The molecule has 1 saturated heterocycles. The van der Waals surface area contributed by atoms with Crippen molar-refractivity contribution in [3.8, 4) is 0 Å². The van der Waals surface area contributed by atoms with Gasteiger partial charge in [0.25, 0.3) is 5.91 Å². The van der Waals surface area contributed by atoms with Crippen molar-refractivity contribution in [3.63, 3.8) is 0 Å². The number of fused-ring (bicyclic) bond motifs is 1. The molecule has 0 aliphatic carbocycles. The third-order valence-electron chi connectivity index (χ3n) is 4.25. The molecule has 1 N–H and O–H groups in total. The highest BCUT2D eigenvalue weighted by atomic mass is 32.2. The maximum absolute atomic E-state index is 12.8. The van der Waals surface area contributed by atoms with E-state index in [1.807, 2.05) is 59.1 Å². The molecule has 5 heteroatoms. The van der Waals surface area contributed by atoms with Crippen LogP contribution in [-0.2, 0) is 0 Å². The van der Waals surface area contributed by atoms with Gasteiger partial charge in [-0.05, 0) is 30.7 Å². The van der Waals surface area contributed by atoms with Gasteiger partial charge < -0.3 is 14.3 Å². The summed E-state index contributed by atoms with van der Waals surface area (Å²) >= 11 is 1.87. The van der Waals surface area contributed by atoms with Gasteiger partial charge in [-0.15, -0.1) is 11.8 Å². The second-order valence-electron chi connectivity index (χ2n) is 5.73. The van der Waals surface area contributed by atoms with Crippen LogP contribution in [0.1, 0.15) is 27.9 Å². The number of benzene rings is 1. The summed E-state index contributed by atoms with van der Waals surface area (Å²) in [6.45, 7) is 1.53. The summed E-state index contributed by atoms with van der Waals surface area (Å²) in [6, 6.07) is 13.9. The number of nitrogens with zero attached hydrogens (tertiary/aromatic N) is 1. The van der Waals surface area contributed by atoms with Gasteiger partial charge in [-0.3, -0.25) is 4.79 Å². The summed E-state index contributed by atoms with van der Waals surface area (Å²) in [4.78, 5) is 18.0. The highest BCUT2D eigenvalue weighted by Crippen LogP contribution is 2.34. The Hall–Kier alpha value is -2.14. The molecule has 4 nitrogen and oxygen atoms in total. The van der Waals surface area contributed by atoms with Crippen LogP contribution in [0.5, 0.6) is 0 Å². The van der Waals surface area contributed by atoms with Crippen molar-refractivity contribution in [3.05, 3.63) is 60.2 Å². The number of aromatic amines is 1. The standard InChI is InChI=1S/C18H18N2O2S/c21-18(15-12-13-4-1-2-5-14(13)19-15)20-8-7-17(23-11-9-20)16-6-3-10-22-16/h1-6,10,12,17,19H,7-9,11H2/t17-/m0/s1. The first-order chi connectivity index (χ1) is 11.3. The van der Waals surface area contributed by atoms with Crippen LogP contribution < -0.4 is 0 Å². The van der Waals surface area contributed by atoms with E-state index in [1.54, 1.807) is 6.26 Å². The minimum absolute atomic E-state index is 0.0851. The number of nitrogens with one attached hydrogen (secondary N) is 1. The summed E-state index contributed by atoms with van der Waals surface area (Å²) in [7, 11) is 0. The van der Waals surface area contributed by atoms with E-state index < -0.39 is 0 Å². The molecule has 1 aliphatic heterocycles. The van der Waals surface area contributed by atoms with Gasteiger partial charge in [0.1, 0.15) is 11.5 Å². The van der Waals surface area contributed by atoms with Crippen LogP contribution in [-0.4, -0.2) is 34.6 Å². The van der Waals surface area contributed by atoms with Crippen LogP contribution in [0.3, 0.4) is 0 Å². The van der Waals surface area contributed by atoms with Crippen molar-refractivity contribution in [1.29, 1.82) is 0 Å². The van der Waals surface area contributed by atoms with E-state index in [2.05, 4.69) is 4.98 Å². The van der Waals surface area contributed by atoms with E-state index in [1.165, 1.54) is 0 Å². The fourth-order valence-electron chi connectivity index (χ4n) is 3.03. The highest BCUT2D eigenvalue weighted by Gasteiger charge is 2.24. The maximum atomic E-state index is 12.8. The van der Waals surface area contributed by atoms with Crippen molar-refractivity contribution in [2.75, 3.05) is 18.8 Å². The van der Waals surface area contributed by atoms with E-state index in [-0.39, 0.29) is 5.91 Å². The molecule has 3 aromatic rings. The van der Waals surface area contributed by atoms with E-state index >= 15 is 0 Å². The van der Waals surface area contributed by atoms with E-state index in [4.69, 9.17) is 4.42 Å². The third kappa shape index (κ3) is 2.88. The topological polar surface area (TPSA) is 49.2 Å². The van der Waals surface area contributed by atoms with Crippen molar-refractivity contribution in [2.45, 2.75) is 11.7 Å². The molecular formula is C18H18N2O2S. The van der Waals surface area contributed by atoms with E-state index in [9.17, 15) is 4.79 Å². The predicted octanol–water partition coefficient (Wildman–Crippen LogP) is 4.08. The van der Waals surface area contributed by atoms with Gasteiger partial charge >= 0.3 is 0 Å². The van der Waals surface area contributed by atoms with E-state index in [0.29, 0.717) is 10.9 Å². The number of carbonyl (C=O) groups excluding carboxylic acids is 1. The first-order valence-electron chi connectivity index (χ1n) is 7.83. The SMILES string of the molecule is O=C(c1cc2ccccc2[nH]1)N1CCS[C@H](c2ccco2)CC1. The highest BCUT2D eigenvalue weighted by molar-refractivity contribution is 7.99. The second-order valence-corrected chi connectivity index (χ2v) is 7.04. The van der Waals surface area contributed by atoms with Gasteiger partial charge in [0.2, 0.25) is 0 Å². The Morgan fingerprint density at radius 3 is 2.96 bits per heavy atom. The lowest BCUT2D eigenvalue weighted by Crippen LogP contribution is -2.33. The van der Waals surface area contributed by atoms with E-state index in [0.717, 1.165) is 41.9 Å². The van der Waals surface area contributed by atoms with Crippen LogP contribution in [0, 0.1) is 0 Å². The lowest BCUT2D eigenvalue weighted by molar-refractivity contribution is 0.0761. The van der Waals surface area contributed by atoms with Crippen LogP contribution >= 0.6 is 11.8 Å². The molecule has 2 aromatic heterocycles. The fourth-order valence-corrected chi connectivity index (χ4v) is 4.22. The number of furan rings is 1. The quantitative estimate of drug-likeness (QED) is 0.772. The lowest BCUT2D eigenvalue weighted by atomic mass is 10.2. The molecule has 0 bridgehead atoms. The molecule has 23 heavy (non-hydrogen) atoms. The summed E-state index contributed by atoms with van der Waals surface area (Å²) in [6.07, 6.45) is 2.64. The molecule has 3 heterocycles. The number of rotatable bonds is 2. The Bertz CT molecular complexity index is 776. The molecule has 1 aliphatic rings. The van der Waals surface area contributed by atoms with Gasteiger partial charge in [-0.2, -0.15) is 0 Å². The van der Waals surface area contributed by atoms with Crippen molar-refractivity contribution >= 4 is 28.6 Å². The van der Waals surface area contributed by atoms with Crippen LogP contribution in [0.15, 0.2) is 53.1 Å². The van der Waals surface area contributed by atoms with Gasteiger partial charge in [0.05, 0.1) is 11.5 Å². The average Bonchev–Trinajstić information content (AvgIpc) is 3.19. The number of para-hydroxylation sites is 1. The summed E-state index contributed by atoms with van der Waals surface area (Å²) < 4.78 is 5.52. The van der Waals surface area contributed by atoms with Crippen molar-refractivity contribution in [1.82, 2.24) is 9.88 Å². The molecule has 4 rings (SSSR count). The maximum Gasteiger partial charge on any atom is 0.270 e. The second kappa shape index (κ2) is 6.16. The van der Waals surface area contributed by atoms with Gasteiger partial charge in [0, 0.05) is 29.7 Å². The van der Waals surface area contributed by atoms with Crippen LogP contribution in [0.25, 0.3) is 10.9 Å². The molecule has 1 aromatic carbocycles. The molecule has 1 atom stereocenters. The minimum atomic E-state index is 0.0851. The summed E-state index contributed by atoms with van der Waals surface area (Å²) in [5, 5.41) is 1.42. The normalized spacial score (nSPS) is 19.0. The molecule has 0 saturated carbocycles. The molecule has 0 unspecified atom stereocenters. The molecule has 1 fully saturated rings. The molecule has 0 radical (unpaired) electrons. The smallest absolute Gasteiger partial charge is 0.270 e. The average molecular weight is 326 g/mol. The molecule has 1 amide bonds. The zero-order chi connectivity index (χ0) is 15.6. The van der Waals surface area contributed by atoms with Gasteiger partial charge in [-0.25, -0.2) is 0 Å². The predicted molar refractivity (Wildman–Crippen MR) is 92.7 cm³/mol. The number of hydrogen-bond donors (Lipinski definition) is 1. The fraction of sp³-hybridized carbons (Fsp3) is 0.278. The van der Waals surface area contributed by atoms with Crippen LogP contribution in [0.4, 0.5) is 0 Å². The summed E-state index contributed by atoms with van der Waals surface area (Å²) in [5.74, 6) is 2.02. The van der Waals surface area contributed by atoms with Crippen molar-refractivity contribution < 1.29 is 9.21 Å². The first kappa shape index (κ1) is 14.5. The number of aromatic nitrogens is 1. The van der Waals surface area contributed by atoms with Crippen molar-refractivity contribution in [2.24, 2.45) is 0 Å². The molecular weight excluding hydrogens is 308 g/mol. The largest absolute Gasteiger partial charge is 0.468 e. The number of carbonyl (C=O) groups is 1. The van der Waals surface area contributed by atoms with Gasteiger partial charge in [-0.1, -0.05) is 18.2 Å². The monoisotopic (exact) mass is 326 g/mol.